The molecule has 1 N–H and O–H groups in total. The highest BCUT2D eigenvalue weighted by atomic mass is 16.5. The van der Waals surface area contributed by atoms with Crippen molar-refractivity contribution in [1.29, 1.82) is 0 Å². The first-order valence-electron chi connectivity index (χ1n) is 6.82. The number of hydrogen-bond acceptors (Lipinski definition) is 2. The highest BCUT2D eigenvalue weighted by Gasteiger charge is 2.02. The van der Waals surface area contributed by atoms with Crippen molar-refractivity contribution < 1.29 is 14.6 Å². The molecule has 0 amide bonds. The zero-order valence-electron chi connectivity index (χ0n) is 12.5. The largest absolute Gasteiger partial charge is 0.478 e. The summed E-state index contributed by atoms with van der Waals surface area (Å²) in [6, 6.07) is 15.6. The SMILES string of the molecule is CC.CC.O=C(O)c1ccc(Oc2ccccc2)cc1. The van der Waals surface area contributed by atoms with Crippen LogP contribution in [0.1, 0.15) is 38.1 Å². The van der Waals surface area contributed by atoms with Crippen molar-refractivity contribution in [3.8, 4) is 11.5 Å². The molecule has 0 aliphatic carbocycles. The van der Waals surface area contributed by atoms with Crippen LogP contribution in [0.4, 0.5) is 0 Å². The van der Waals surface area contributed by atoms with Crippen molar-refractivity contribution in [2.24, 2.45) is 0 Å². The second-order valence-corrected chi connectivity index (χ2v) is 3.24. The lowest BCUT2D eigenvalue weighted by Crippen LogP contribution is -1.95. The highest BCUT2D eigenvalue weighted by Crippen LogP contribution is 2.20. The van der Waals surface area contributed by atoms with Gasteiger partial charge in [0.2, 0.25) is 0 Å². The molecule has 0 aromatic heterocycles. The van der Waals surface area contributed by atoms with E-state index in [4.69, 9.17) is 9.84 Å². The molecule has 0 saturated carbocycles. The zero-order valence-corrected chi connectivity index (χ0v) is 12.5. The summed E-state index contributed by atoms with van der Waals surface area (Å²) in [5.41, 5.74) is 0.250. The van der Waals surface area contributed by atoms with Crippen LogP contribution in [-0.2, 0) is 0 Å². The van der Waals surface area contributed by atoms with Crippen LogP contribution in [0.15, 0.2) is 54.6 Å². The number of benzene rings is 2. The van der Waals surface area contributed by atoms with E-state index in [2.05, 4.69) is 0 Å². The first-order chi connectivity index (χ1) is 9.75. The van der Waals surface area contributed by atoms with E-state index in [9.17, 15) is 4.79 Å². The molecule has 0 atom stereocenters. The number of hydrogen-bond donors (Lipinski definition) is 1. The van der Waals surface area contributed by atoms with Gasteiger partial charge in [-0.25, -0.2) is 4.79 Å². The quantitative estimate of drug-likeness (QED) is 0.833. The van der Waals surface area contributed by atoms with Crippen LogP contribution in [0.25, 0.3) is 0 Å². The van der Waals surface area contributed by atoms with Crippen molar-refractivity contribution in [3.05, 3.63) is 60.2 Å². The van der Waals surface area contributed by atoms with E-state index < -0.39 is 5.97 Å². The van der Waals surface area contributed by atoms with E-state index in [-0.39, 0.29) is 5.56 Å². The van der Waals surface area contributed by atoms with Crippen LogP contribution in [-0.4, -0.2) is 11.1 Å². The van der Waals surface area contributed by atoms with Gasteiger partial charge >= 0.3 is 5.97 Å². The Labute approximate surface area is 120 Å². The smallest absolute Gasteiger partial charge is 0.335 e. The van der Waals surface area contributed by atoms with Crippen molar-refractivity contribution in [2.45, 2.75) is 27.7 Å². The molecule has 2 aromatic rings. The summed E-state index contributed by atoms with van der Waals surface area (Å²) < 4.78 is 5.52. The Morgan fingerprint density at radius 3 is 1.70 bits per heavy atom. The van der Waals surface area contributed by atoms with E-state index in [0.717, 1.165) is 5.75 Å². The summed E-state index contributed by atoms with van der Waals surface area (Å²) in [6.07, 6.45) is 0. The molecule has 0 aliphatic rings. The third-order valence-corrected chi connectivity index (χ3v) is 2.08. The minimum absolute atomic E-state index is 0.250. The average Bonchev–Trinajstić information content (AvgIpc) is 2.53. The van der Waals surface area contributed by atoms with Gasteiger partial charge in [0.05, 0.1) is 5.56 Å². The molecule has 0 aliphatic heterocycles. The van der Waals surface area contributed by atoms with Crippen LogP contribution in [0, 0.1) is 0 Å². The van der Waals surface area contributed by atoms with Gasteiger partial charge in [0.1, 0.15) is 11.5 Å². The maximum Gasteiger partial charge on any atom is 0.335 e. The van der Waals surface area contributed by atoms with Gasteiger partial charge in [0, 0.05) is 0 Å². The molecule has 0 saturated heterocycles. The van der Waals surface area contributed by atoms with Crippen molar-refractivity contribution in [2.75, 3.05) is 0 Å². The fraction of sp³-hybridized carbons (Fsp3) is 0.235. The van der Waals surface area contributed by atoms with Crippen LogP contribution in [0.2, 0.25) is 0 Å². The van der Waals surface area contributed by atoms with Crippen molar-refractivity contribution >= 4 is 5.97 Å². The lowest BCUT2D eigenvalue weighted by Gasteiger charge is -2.05. The molecule has 0 radical (unpaired) electrons. The van der Waals surface area contributed by atoms with Crippen molar-refractivity contribution in [3.63, 3.8) is 0 Å². The second kappa shape index (κ2) is 10.6. The topological polar surface area (TPSA) is 46.5 Å². The molecule has 20 heavy (non-hydrogen) atoms. The van der Waals surface area contributed by atoms with Gasteiger partial charge in [-0.1, -0.05) is 45.9 Å². The fourth-order valence-corrected chi connectivity index (χ4v) is 1.29. The minimum atomic E-state index is -0.939. The first-order valence-corrected chi connectivity index (χ1v) is 6.82. The summed E-state index contributed by atoms with van der Waals surface area (Å²) >= 11 is 0. The predicted octanol–water partition coefficient (Wildman–Crippen LogP) is 5.23. The van der Waals surface area contributed by atoms with Gasteiger partial charge in [-0.15, -0.1) is 0 Å². The lowest BCUT2D eigenvalue weighted by molar-refractivity contribution is 0.0697. The van der Waals surface area contributed by atoms with Crippen LogP contribution < -0.4 is 4.74 Å². The molecule has 3 nitrogen and oxygen atoms in total. The van der Waals surface area contributed by atoms with Gasteiger partial charge in [-0.3, -0.25) is 0 Å². The Bertz CT molecular complexity index is 475. The molecule has 0 heterocycles. The number of carboxylic acid groups (broad SMARTS) is 1. The number of aromatic carboxylic acids is 1. The summed E-state index contributed by atoms with van der Waals surface area (Å²) in [4.78, 5) is 10.6. The summed E-state index contributed by atoms with van der Waals surface area (Å²) in [5, 5.41) is 8.72. The monoisotopic (exact) mass is 274 g/mol. The maximum absolute atomic E-state index is 10.6. The molecule has 0 unspecified atom stereocenters. The van der Waals surface area contributed by atoms with Gasteiger partial charge in [-0.2, -0.15) is 0 Å². The zero-order chi connectivity index (χ0) is 15.4. The van der Waals surface area contributed by atoms with Gasteiger partial charge in [-0.05, 0) is 36.4 Å². The van der Waals surface area contributed by atoms with Crippen LogP contribution >= 0.6 is 0 Å². The minimum Gasteiger partial charge on any atom is -0.478 e. The van der Waals surface area contributed by atoms with Crippen molar-refractivity contribution in [1.82, 2.24) is 0 Å². The predicted molar refractivity (Wildman–Crippen MR) is 82.6 cm³/mol. The Balaban J connectivity index is 0.000000829. The lowest BCUT2D eigenvalue weighted by atomic mass is 10.2. The van der Waals surface area contributed by atoms with Gasteiger partial charge in [0.25, 0.3) is 0 Å². The average molecular weight is 274 g/mol. The third-order valence-electron chi connectivity index (χ3n) is 2.08. The Morgan fingerprint density at radius 2 is 1.25 bits per heavy atom. The third kappa shape index (κ3) is 6.05. The molecule has 0 spiro atoms. The Kier molecular flexibility index (Phi) is 9.40. The van der Waals surface area contributed by atoms with E-state index >= 15 is 0 Å². The van der Waals surface area contributed by atoms with Gasteiger partial charge < -0.3 is 9.84 Å². The number of carboxylic acids is 1. The molecule has 2 aromatic carbocycles. The molecule has 3 heteroatoms. The number of para-hydroxylation sites is 1. The van der Waals surface area contributed by atoms with Crippen LogP contribution in [0.3, 0.4) is 0 Å². The Morgan fingerprint density at radius 1 is 0.800 bits per heavy atom. The van der Waals surface area contributed by atoms with E-state index in [1.165, 1.54) is 12.1 Å². The molecule has 108 valence electrons. The molecule has 0 fully saturated rings. The highest BCUT2D eigenvalue weighted by molar-refractivity contribution is 5.87. The summed E-state index contributed by atoms with van der Waals surface area (Å²) in [6.45, 7) is 8.00. The number of carbonyl (C=O) groups is 1. The first kappa shape index (κ1) is 17.7. The van der Waals surface area contributed by atoms with E-state index in [1.54, 1.807) is 12.1 Å². The standard InChI is InChI=1S/C13H10O3.2C2H6/c14-13(15)10-6-8-12(9-7-10)16-11-4-2-1-3-5-11;2*1-2/h1-9H,(H,14,15);2*1-2H3. The number of rotatable bonds is 3. The second-order valence-electron chi connectivity index (χ2n) is 3.24. The molecular weight excluding hydrogens is 252 g/mol. The van der Waals surface area contributed by atoms with Gasteiger partial charge in [0.15, 0.2) is 0 Å². The normalized spacial score (nSPS) is 8.40. The van der Waals surface area contributed by atoms with E-state index in [1.807, 2.05) is 58.0 Å². The molecule has 2 rings (SSSR count). The fourth-order valence-electron chi connectivity index (χ4n) is 1.29. The van der Waals surface area contributed by atoms with E-state index in [0.29, 0.717) is 5.75 Å². The summed E-state index contributed by atoms with van der Waals surface area (Å²) in [5.74, 6) is 0.410. The Hall–Kier alpha value is -2.29. The molecular formula is C17H22O3. The summed E-state index contributed by atoms with van der Waals surface area (Å²) in [7, 11) is 0. The number of ether oxygens (including phenoxy) is 1. The molecule has 0 bridgehead atoms. The maximum atomic E-state index is 10.6. The van der Waals surface area contributed by atoms with Crippen LogP contribution in [0.5, 0.6) is 11.5 Å².